The normalized spacial score (nSPS) is 21.8. The average Bonchev–Trinajstić information content (AvgIpc) is 3.97. The van der Waals surface area contributed by atoms with E-state index in [2.05, 4.69) is 57.2 Å². The fourth-order valence-corrected chi connectivity index (χ4v) is 7.22. The Kier molecular flexibility index (Phi) is 22.3. The van der Waals surface area contributed by atoms with E-state index < -0.39 is 133 Å². The number of primary amides is 1. The number of aliphatic carboxylic acids is 1. The smallest absolute Gasteiger partial charge is 0.305 e. The number of guanidine groups is 2. The highest BCUT2D eigenvalue weighted by Crippen LogP contribution is 2.24. The number of amides is 8. The second-order valence-electron chi connectivity index (χ2n) is 16.4. The number of imidazole rings is 1. The number of hydrogen-bond donors (Lipinski definition) is 16. The van der Waals surface area contributed by atoms with Crippen LogP contribution in [-0.2, 0) is 49.6 Å². The van der Waals surface area contributed by atoms with Crippen molar-refractivity contribution in [2.45, 2.75) is 126 Å². The van der Waals surface area contributed by atoms with Crippen molar-refractivity contribution in [3.8, 4) is 0 Å². The number of nitrogens with one attached hydrogen (secondary N) is 8. The summed E-state index contributed by atoms with van der Waals surface area (Å²) in [5.41, 5.74) is 27.8. The van der Waals surface area contributed by atoms with Crippen LogP contribution >= 0.6 is 0 Å². The van der Waals surface area contributed by atoms with Crippen LogP contribution < -0.4 is 65.9 Å². The number of nitrogens with zero attached hydrogens (tertiary/aromatic N) is 4. The number of aliphatic hydroxyl groups is 2. The summed E-state index contributed by atoms with van der Waals surface area (Å²) >= 11 is 0. The Morgan fingerprint density at radius 1 is 0.941 bits per heavy atom. The van der Waals surface area contributed by atoms with E-state index in [1.165, 1.54) is 24.3 Å². The lowest BCUT2D eigenvalue weighted by molar-refractivity contribution is -0.141. The van der Waals surface area contributed by atoms with Crippen molar-refractivity contribution in [3.63, 3.8) is 0 Å². The van der Waals surface area contributed by atoms with Crippen molar-refractivity contribution in [2.75, 3.05) is 32.7 Å². The number of rotatable bonds is 24. The molecule has 0 aromatic carbocycles. The Balaban J connectivity index is 1.68. The third-order valence-corrected chi connectivity index (χ3v) is 10.7. The zero-order chi connectivity index (χ0) is 50.5. The van der Waals surface area contributed by atoms with Crippen LogP contribution in [0.25, 0.3) is 0 Å². The van der Waals surface area contributed by atoms with Crippen molar-refractivity contribution in [1.29, 1.82) is 0 Å². The van der Waals surface area contributed by atoms with E-state index in [0.29, 0.717) is 25.2 Å². The summed E-state index contributed by atoms with van der Waals surface area (Å²) in [6.45, 7) is 2.43. The Labute approximate surface area is 390 Å². The van der Waals surface area contributed by atoms with Crippen molar-refractivity contribution in [1.82, 2.24) is 52.1 Å². The molecule has 29 heteroatoms. The summed E-state index contributed by atoms with van der Waals surface area (Å²) in [6, 6.07) is -10.2. The number of likely N-dealkylation sites (tertiary alicyclic amines) is 1. The van der Waals surface area contributed by atoms with Gasteiger partial charge in [0.2, 0.25) is 47.3 Å². The summed E-state index contributed by atoms with van der Waals surface area (Å²) in [5, 5.41) is 48.1. The molecule has 0 saturated carbocycles. The quantitative estimate of drug-likeness (QED) is 0.0260. The molecular weight excluding hydrogens is 899 g/mol. The third-order valence-electron chi connectivity index (χ3n) is 10.7. The molecular formula is C39H65N17O12. The maximum Gasteiger partial charge on any atom is 0.305 e. The summed E-state index contributed by atoms with van der Waals surface area (Å²) in [6.07, 6.45) is -0.550. The lowest BCUT2D eigenvalue weighted by Gasteiger charge is -2.34. The molecule has 3 heterocycles. The van der Waals surface area contributed by atoms with Gasteiger partial charge in [-0.25, -0.2) is 4.98 Å². The number of aromatic nitrogens is 2. The van der Waals surface area contributed by atoms with Gasteiger partial charge in [0.25, 0.3) is 0 Å². The maximum atomic E-state index is 14.3. The second-order valence-corrected chi connectivity index (χ2v) is 16.4. The van der Waals surface area contributed by atoms with Crippen molar-refractivity contribution in [2.24, 2.45) is 38.7 Å². The molecule has 68 heavy (non-hydrogen) atoms. The van der Waals surface area contributed by atoms with Gasteiger partial charge in [-0.3, -0.25) is 53.1 Å². The van der Waals surface area contributed by atoms with Gasteiger partial charge in [-0.2, -0.15) is 0 Å². The Hall–Kier alpha value is -7.14. The number of hydrogen-bond acceptors (Lipinski definition) is 15. The number of carboxylic acid groups (broad SMARTS) is 1. The Bertz CT molecular complexity index is 1980. The topological polar surface area (TPSA) is 485 Å². The number of aliphatic hydroxyl groups excluding tert-OH is 2. The minimum atomic E-state index is -1.76. The largest absolute Gasteiger partial charge is 0.481 e. The highest BCUT2D eigenvalue weighted by molar-refractivity contribution is 6.00. The van der Waals surface area contributed by atoms with Gasteiger partial charge < -0.3 is 91.1 Å². The van der Waals surface area contributed by atoms with Gasteiger partial charge in [-0.05, 0) is 39.0 Å². The van der Waals surface area contributed by atoms with Gasteiger partial charge >= 0.3 is 5.97 Å². The van der Waals surface area contributed by atoms with E-state index in [1.54, 1.807) is 0 Å². The van der Waals surface area contributed by atoms with E-state index in [0.717, 1.165) is 12.8 Å². The number of carbonyl (C=O) groups is 9. The molecule has 2 aliphatic heterocycles. The molecule has 3 rings (SSSR count). The van der Waals surface area contributed by atoms with Gasteiger partial charge in [-0.15, -0.1) is 0 Å². The van der Waals surface area contributed by atoms with Crippen molar-refractivity contribution < 1.29 is 58.5 Å². The molecule has 0 aliphatic carbocycles. The van der Waals surface area contributed by atoms with Crippen LogP contribution in [0.15, 0.2) is 22.5 Å². The maximum absolute atomic E-state index is 14.3. The van der Waals surface area contributed by atoms with Crippen LogP contribution in [0.1, 0.15) is 70.4 Å². The van der Waals surface area contributed by atoms with Crippen LogP contribution in [0.3, 0.4) is 0 Å². The summed E-state index contributed by atoms with van der Waals surface area (Å²) in [4.78, 5) is 134. The first-order valence-electron chi connectivity index (χ1n) is 21.9. The lowest BCUT2D eigenvalue weighted by atomic mass is 10.0. The van der Waals surface area contributed by atoms with Crippen LogP contribution in [0.2, 0.25) is 0 Å². The van der Waals surface area contributed by atoms with Crippen molar-refractivity contribution in [3.05, 3.63) is 18.2 Å². The second kappa shape index (κ2) is 27.5. The first-order valence-corrected chi connectivity index (χ1v) is 21.9. The molecule has 9 atom stereocenters. The first kappa shape index (κ1) is 55.2. The molecule has 1 aromatic heterocycles. The molecule has 2 fully saturated rings. The minimum Gasteiger partial charge on any atom is -0.481 e. The zero-order valence-corrected chi connectivity index (χ0v) is 37.6. The predicted octanol–water partition coefficient (Wildman–Crippen LogP) is -7.96. The van der Waals surface area contributed by atoms with Crippen LogP contribution in [0.4, 0.5) is 0 Å². The Morgan fingerprint density at radius 3 is 2.34 bits per heavy atom. The molecule has 21 N–H and O–H groups in total. The number of carbonyl (C=O) groups excluding carboxylic acids is 8. The third kappa shape index (κ3) is 19.0. The van der Waals surface area contributed by atoms with E-state index in [-0.39, 0.29) is 50.8 Å². The molecule has 0 radical (unpaired) electrons. The molecule has 9 unspecified atom stereocenters. The predicted molar refractivity (Wildman–Crippen MR) is 240 cm³/mol. The van der Waals surface area contributed by atoms with E-state index in [1.807, 2.05) is 0 Å². The van der Waals surface area contributed by atoms with Crippen LogP contribution in [-0.4, -0.2) is 183 Å². The SMILES string of the molecule is CC1NC(=O)CC(NC(=O)C(Cc2cnc[nH]2)NC(=O)C(N)CC(=O)O)C(=O)NC(CC(N)=O)C(=O)NC1C(=O)N1CCCC1C(O)CC(=O)NCCC(O)CN=C(N)NCCCCN=C(N)N. The number of nitrogens with two attached hydrogens (primary N) is 5. The highest BCUT2D eigenvalue weighted by atomic mass is 16.4. The number of aromatic amines is 1. The lowest BCUT2D eigenvalue weighted by Crippen LogP contribution is -2.62. The van der Waals surface area contributed by atoms with Gasteiger partial charge in [0.05, 0.1) is 68.9 Å². The van der Waals surface area contributed by atoms with Gasteiger partial charge in [0, 0.05) is 44.5 Å². The number of H-pyrrole nitrogens is 1. The van der Waals surface area contributed by atoms with Gasteiger partial charge in [0.15, 0.2) is 11.9 Å². The summed E-state index contributed by atoms with van der Waals surface area (Å²) in [7, 11) is 0. The van der Waals surface area contributed by atoms with E-state index >= 15 is 0 Å². The molecule has 29 nitrogen and oxygen atoms in total. The fourth-order valence-electron chi connectivity index (χ4n) is 7.22. The van der Waals surface area contributed by atoms with E-state index in [4.69, 9.17) is 33.8 Å². The first-order chi connectivity index (χ1) is 32.1. The van der Waals surface area contributed by atoms with Gasteiger partial charge in [-0.1, -0.05) is 0 Å². The van der Waals surface area contributed by atoms with Gasteiger partial charge in [0.1, 0.15) is 24.2 Å². The van der Waals surface area contributed by atoms with E-state index in [9.17, 15) is 53.4 Å². The number of unbranched alkanes of at least 4 members (excludes halogenated alkanes) is 1. The molecule has 2 saturated heterocycles. The molecule has 0 spiro atoms. The minimum absolute atomic E-state index is 0.0106. The molecule has 378 valence electrons. The monoisotopic (exact) mass is 963 g/mol. The molecule has 1 aromatic rings. The molecule has 8 amide bonds. The van der Waals surface area contributed by atoms with Crippen molar-refractivity contribution >= 4 is 65.1 Å². The fraction of sp³-hybridized carbons (Fsp3) is 0.641. The Morgan fingerprint density at radius 2 is 1.68 bits per heavy atom. The molecule has 0 bridgehead atoms. The number of aliphatic imine (C=N–C) groups is 2. The molecule has 2 aliphatic rings. The standard InChI is InChI=1S/C39H65N17O12/c1-19-32(37(68)56-10-4-5-26(56)27(58)15-29(60)46-9-6-21(57)17-49-39(44)48-8-3-2-7-47-38(42)43)55-36(67)24(13-28(41)59)53-35(66)25(14-30(61)51-19)54-34(65)23(11-20-16-45-18-50-20)52-33(64)22(40)12-31(62)63/h16,18-19,21-27,32,57-58H,2-15,17,40H2,1H3,(H2,41,59)(H,45,50)(H,46,60)(H,51,61)(H,52,64)(H,53,66)(H,54,65)(H,55,67)(H,62,63)(H4,42,43,47)(H3,44,48,49). The summed E-state index contributed by atoms with van der Waals surface area (Å²) in [5.74, 6) is -8.81. The number of carboxylic acids is 1. The van der Waals surface area contributed by atoms with Crippen LogP contribution in [0.5, 0.6) is 0 Å². The summed E-state index contributed by atoms with van der Waals surface area (Å²) < 4.78 is 0. The van der Waals surface area contributed by atoms with Crippen LogP contribution in [0, 0.1) is 0 Å². The highest BCUT2D eigenvalue weighted by Gasteiger charge is 2.42. The average molecular weight is 964 g/mol. The zero-order valence-electron chi connectivity index (χ0n) is 37.6.